The highest BCUT2D eigenvalue weighted by Crippen LogP contribution is 2.32. The van der Waals surface area contributed by atoms with Crippen LogP contribution in [-0.2, 0) is 6.18 Å². The zero-order valence-corrected chi connectivity index (χ0v) is 12.3. The van der Waals surface area contributed by atoms with Crippen molar-refractivity contribution in [3.63, 3.8) is 0 Å². The molecule has 0 atom stereocenters. The number of alkyl halides is 3. The summed E-state index contributed by atoms with van der Waals surface area (Å²) < 4.78 is 37.9. The van der Waals surface area contributed by atoms with E-state index in [-0.39, 0.29) is 0 Å². The highest BCUT2D eigenvalue weighted by atomic mass is 19.4. The molecule has 22 heavy (non-hydrogen) atoms. The van der Waals surface area contributed by atoms with Gasteiger partial charge >= 0.3 is 6.18 Å². The van der Waals surface area contributed by atoms with Crippen LogP contribution in [0.3, 0.4) is 0 Å². The van der Waals surface area contributed by atoms with E-state index in [1.165, 1.54) is 12.1 Å². The van der Waals surface area contributed by atoms with Gasteiger partial charge in [0.2, 0.25) is 0 Å². The number of aromatic nitrogens is 2. The number of benzene rings is 1. The minimum atomic E-state index is -4.31. The van der Waals surface area contributed by atoms with Crippen LogP contribution in [0.2, 0.25) is 0 Å². The standard InChI is InChI=1S/C16H18F3N3/c1-10-14(11-2-4-13(5-3-11)16(17,18)19)22-15(21-10)12-6-8-20-9-7-12/h2-5,12,20H,6-9H2,1H3,(H,21,22). The van der Waals surface area contributed by atoms with Crippen LogP contribution >= 0.6 is 0 Å². The SMILES string of the molecule is Cc1[nH]c(C2CCNCC2)nc1-c1ccc(C(F)(F)F)cc1. The third kappa shape index (κ3) is 3.02. The average molecular weight is 309 g/mol. The summed E-state index contributed by atoms with van der Waals surface area (Å²) in [4.78, 5) is 7.93. The maximum absolute atomic E-state index is 12.6. The number of hydrogen-bond acceptors (Lipinski definition) is 2. The number of imidazole rings is 1. The predicted molar refractivity (Wildman–Crippen MR) is 78.6 cm³/mol. The van der Waals surface area contributed by atoms with Gasteiger partial charge in [0.15, 0.2) is 0 Å². The minimum Gasteiger partial charge on any atom is -0.345 e. The first-order valence-corrected chi connectivity index (χ1v) is 7.40. The molecule has 0 spiro atoms. The number of hydrogen-bond donors (Lipinski definition) is 2. The van der Waals surface area contributed by atoms with Gasteiger partial charge in [0.1, 0.15) is 5.82 Å². The molecule has 2 aromatic rings. The van der Waals surface area contributed by atoms with Gasteiger partial charge in [-0.3, -0.25) is 0 Å². The Morgan fingerprint density at radius 2 is 1.73 bits per heavy atom. The van der Waals surface area contributed by atoms with Gasteiger partial charge in [-0.05, 0) is 45.0 Å². The van der Waals surface area contributed by atoms with Gasteiger partial charge in [0, 0.05) is 17.2 Å². The van der Waals surface area contributed by atoms with E-state index in [1.54, 1.807) is 0 Å². The second kappa shape index (κ2) is 5.76. The van der Waals surface area contributed by atoms with Gasteiger partial charge in [-0.1, -0.05) is 12.1 Å². The fourth-order valence-electron chi connectivity index (χ4n) is 2.87. The second-order valence-electron chi connectivity index (χ2n) is 5.70. The van der Waals surface area contributed by atoms with Crippen molar-refractivity contribution >= 4 is 0 Å². The smallest absolute Gasteiger partial charge is 0.345 e. The Kier molecular flexibility index (Phi) is 3.95. The molecule has 1 aromatic carbocycles. The van der Waals surface area contributed by atoms with Crippen molar-refractivity contribution in [1.29, 1.82) is 0 Å². The Morgan fingerprint density at radius 3 is 2.32 bits per heavy atom. The molecular formula is C16H18F3N3. The number of aryl methyl sites for hydroxylation is 1. The number of nitrogens with one attached hydrogen (secondary N) is 2. The fraction of sp³-hybridized carbons (Fsp3) is 0.438. The summed E-state index contributed by atoms with van der Waals surface area (Å²) in [6.45, 7) is 3.85. The molecule has 1 aliphatic heterocycles. The first-order chi connectivity index (χ1) is 10.4. The van der Waals surface area contributed by atoms with Crippen LogP contribution in [0.5, 0.6) is 0 Å². The molecule has 0 bridgehead atoms. The lowest BCUT2D eigenvalue weighted by molar-refractivity contribution is -0.137. The summed E-state index contributed by atoms with van der Waals surface area (Å²) >= 11 is 0. The van der Waals surface area contributed by atoms with E-state index in [9.17, 15) is 13.2 Å². The molecular weight excluding hydrogens is 291 g/mol. The highest BCUT2D eigenvalue weighted by Gasteiger charge is 2.30. The molecule has 1 aromatic heterocycles. The van der Waals surface area contributed by atoms with Crippen LogP contribution in [0.25, 0.3) is 11.3 Å². The quantitative estimate of drug-likeness (QED) is 0.884. The Balaban J connectivity index is 1.87. The number of halogens is 3. The Morgan fingerprint density at radius 1 is 1.09 bits per heavy atom. The molecule has 0 radical (unpaired) electrons. The Bertz CT molecular complexity index is 638. The van der Waals surface area contributed by atoms with Crippen molar-refractivity contribution in [2.75, 3.05) is 13.1 Å². The van der Waals surface area contributed by atoms with E-state index in [0.29, 0.717) is 11.5 Å². The molecule has 1 aliphatic rings. The Labute approximate surface area is 127 Å². The van der Waals surface area contributed by atoms with Gasteiger partial charge in [-0.25, -0.2) is 4.98 Å². The van der Waals surface area contributed by atoms with Crippen LogP contribution in [-0.4, -0.2) is 23.1 Å². The van der Waals surface area contributed by atoms with Crippen LogP contribution in [0.15, 0.2) is 24.3 Å². The van der Waals surface area contributed by atoms with Gasteiger partial charge in [-0.2, -0.15) is 13.2 Å². The first-order valence-electron chi connectivity index (χ1n) is 7.40. The van der Waals surface area contributed by atoms with Gasteiger partial charge in [0.25, 0.3) is 0 Å². The van der Waals surface area contributed by atoms with Crippen molar-refractivity contribution in [3.8, 4) is 11.3 Å². The van der Waals surface area contributed by atoms with Crippen molar-refractivity contribution in [3.05, 3.63) is 41.3 Å². The van der Waals surface area contributed by atoms with Crippen molar-refractivity contribution in [1.82, 2.24) is 15.3 Å². The maximum atomic E-state index is 12.6. The van der Waals surface area contributed by atoms with Crippen LogP contribution in [0, 0.1) is 6.92 Å². The van der Waals surface area contributed by atoms with Crippen LogP contribution in [0.1, 0.15) is 35.8 Å². The molecule has 2 heterocycles. The molecule has 3 nitrogen and oxygen atoms in total. The summed E-state index contributed by atoms with van der Waals surface area (Å²) in [6, 6.07) is 5.18. The van der Waals surface area contributed by atoms with Gasteiger partial charge < -0.3 is 10.3 Å². The molecule has 0 aliphatic carbocycles. The number of H-pyrrole nitrogens is 1. The lowest BCUT2D eigenvalue weighted by Crippen LogP contribution is -2.27. The largest absolute Gasteiger partial charge is 0.416 e. The van der Waals surface area contributed by atoms with Gasteiger partial charge in [-0.15, -0.1) is 0 Å². The van der Waals surface area contributed by atoms with E-state index in [1.807, 2.05) is 6.92 Å². The molecule has 2 N–H and O–H groups in total. The molecule has 0 saturated carbocycles. The van der Waals surface area contributed by atoms with Gasteiger partial charge in [0.05, 0.1) is 11.3 Å². The number of rotatable bonds is 2. The lowest BCUT2D eigenvalue weighted by atomic mass is 9.98. The Hall–Kier alpha value is -1.82. The molecule has 6 heteroatoms. The highest BCUT2D eigenvalue weighted by molar-refractivity contribution is 5.62. The molecule has 0 amide bonds. The first kappa shape index (κ1) is 15.1. The van der Waals surface area contributed by atoms with E-state index >= 15 is 0 Å². The van der Waals surface area contributed by atoms with Crippen LogP contribution in [0.4, 0.5) is 13.2 Å². The zero-order chi connectivity index (χ0) is 15.7. The molecule has 118 valence electrons. The van der Waals surface area contributed by atoms with Crippen molar-refractivity contribution < 1.29 is 13.2 Å². The molecule has 1 saturated heterocycles. The zero-order valence-electron chi connectivity index (χ0n) is 12.3. The number of nitrogens with zero attached hydrogens (tertiary/aromatic N) is 1. The normalized spacial score (nSPS) is 16.9. The second-order valence-corrected chi connectivity index (χ2v) is 5.70. The molecule has 3 rings (SSSR count). The molecule has 1 fully saturated rings. The van der Waals surface area contributed by atoms with Crippen molar-refractivity contribution in [2.45, 2.75) is 31.9 Å². The minimum absolute atomic E-state index is 0.392. The summed E-state index contributed by atoms with van der Waals surface area (Å²) in [6.07, 6.45) is -2.25. The summed E-state index contributed by atoms with van der Waals surface area (Å²) in [5.41, 5.74) is 1.71. The average Bonchev–Trinajstić information content (AvgIpc) is 2.89. The number of piperidine rings is 1. The molecule has 0 unspecified atom stereocenters. The summed E-state index contributed by atoms with van der Waals surface area (Å²) in [7, 11) is 0. The summed E-state index contributed by atoms with van der Waals surface area (Å²) in [5, 5.41) is 3.31. The van der Waals surface area contributed by atoms with E-state index in [0.717, 1.165) is 55.3 Å². The van der Waals surface area contributed by atoms with Crippen LogP contribution < -0.4 is 5.32 Å². The predicted octanol–water partition coefficient (Wildman–Crippen LogP) is 3.87. The van der Waals surface area contributed by atoms with Crippen molar-refractivity contribution in [2.24, 2.45) is 0 Å². The lowest BCUT2D eigenvalue weighted by Gasteiger charge is -2.20. The summed E-state index contributed by atoms with van der Waals surface area (Å²) in [5.74, 6) is 1.33. The maximum Gasteiger partial charge on any atom is 0.416 e. The van der Waals surface area contributed by atoms with E-state index in [4.69, 9.17) is 0 Å². The monoisotopic (exact) mass is 309 g/mol. The topological polar surface area (TPSA) is 40.7 Å². The third-order valence-corrected chi connectivity index (χ3v) is 4.11. The third-order valence-electron chi connectivity index (χ3n) is 4.11. The van der Waals surface area contributed by atoms with E-state index < -0.39 is 11.7 Å². The fourth-order valence-corrected chi connectivity index (χ4v) is 2.87. The number of aromatic amines is 1. The van der Waals surface area contributed by atoms with E-state index in [2.05, 4.69) is 15.3 Å².